The minimum atomic E-state index is -1.25. The average Bonchev–Trinajstić information content (AvgIpc) is 2.39. The van der Waals surface area contributed by atoms with E-state index in [2.05, 4.69) is 10.1 Å². The van der Waals surface area contributed by atoms with Crippen LogP contribution in [0.4, 0.5) is 14.5 Å². The largest absolute Gasteiger partial charge is 0.465 e. The maximum absolute atomic E-state index is 13.7. The van der Waals surface area contributed by atoms with Gasteiger partial charge in [0.1, 0.15) is 0 Å². The standard InChI is InChI=1S/C13H17F2NO3/c1-13(2,7-17)6-16-9-5-4-8(12(18)19-3)10(14)11(9)15/h4-5,16-17H,6-7H2,1-3H3. The van der Waals surface area contributed by atoms with E-state index in [-0.39, 0.29) is 18.8 Å². The third kappa shape index (κ3) is 3.64. The third-order valence-electron chi connectivity index (χ3n) is 2.67. The molecule has 1 rings (SSSR count). The summed E-state index contributed by atoms with van der Waals surface area (Å²) in [6.07, 6.45) is 0. The molecule has 0 aliphatic rings. The number of hydrogen-bond acceptors (Lipinski definition) is 4. The molecule has 4 nitrogen and oxygen atoms in total. The lowest BCUT2D eigenvalue weighted by Gasteiger charge is -2.22. The van der Waals surface area contributed by atoms with Crippen LogP contribution in [0.1, 0.15) is 24.2 Å². The van der Waals surface area contributed by atoms with Gasteiger partial charge in [-0.15, -0.1) is 0 Å². The summed E-state index contributed by atoms with van der Waals surface area (Å²) in [5, 5.41) is 11.8. The summed E-state index contributed by atoms with van der Waals surface area (Å²) in [7, 11) is 1.09. The zero-order valence-electron chi connectivity index (χ0n) is 11.1. The molecule has 0 atom stereocenters. The number of esters is 1. The van der Waals surface area contributed by atoms with E-state index in [1.807, 2.05) is 0 Å². The Morgan fingerprint density at radius 3 is 2.53 bits per heavy atom. The Bertz CT molecular complexity index is 475. The third-order valence-corrected chi connectivity index (χ3v) is 2.67. The van der Waals surface area contributed by atoms with E-state index in [0.29, 0.717) is 0 Å². The van der Waals surface area contributed by atoms with Crippen LogP contribution in [0.2, 0.25) is 0 Å². The topological polar surface area (TPSA) is 58.6 Å². The Balaban J connectivity index is 2.94. The molecule has 1 aromatic carbocycles. The zero-order valence-corrected chi connectivity index (χ0v) is 11.1. The minimum Gasteiger partial charge on any atom is -0.465 e. The normalized spacial score (nSPS) is 11.3. The van der Waals surface area contributed by atoms with Crippen LogP contribution < -0.4 is 5.32 Å². The minimum absolute atomic E-state index is 0.0633. The van der Waals surface area contributed by atoms with Crippen molar-refractivity contribution in [1.82, 2.24) is 0 Å². The van der Waals surface area contributed by atoms with Gasteiger partial charge in [-0.25, -0.2) is 13.6 Å². The number of aliphatic hydroxyl groups excluding tert-OH is 1. The van der Waals surface area contributed by atoms with Gasteiger partial charge in [0.2, 0.25) is 0 Å². The number of nitrogens with one attached hydrogen (secondary N) is 1. The van der Waals surface area contributed by atoms with Crippen molar-refractivity contribution in [3.8, 4) is 0 Å². The molecule has 106 valence electrons. The van der Waals surface area contributed by atoms with Crippen molar-refractivity contribution >= 4 is 11.7 Å². The van der Waals surface area contributed by atoms with Crippen molar-refractivity contribution in [2.24, 2.45) is 5.41 Å². The van der Waals surface area contributed by atoms with Crippen LogP contribution in [0.3, 0.4) is 0 Å². The quantitative estimate of drug-likeness (QED) is 0.807. The van der Waals surface area contributed by atoms with Crippen LogP contribution in [-0.2, 0) is 4.74 Å². The summed E-state index contributed by atoms with van der Waals surface area (Å²) in [6, 6.07) is 2.41. The smallest absolute Gasteiger partial charge is 0.340 e. The van der Waals surface area contributed by atoms with Crippen LogP contribution in [0, 0.1) is 17.0 Å². The van der Waals surface area contributed by atoms with Crippen LogP contribution in [0.5, 0.6) is 0 Å². The summed E-state index contributed by atoms with van der Waals surface area (Å²) >= 11 is 0. The van der Waals surface area contributed by atoms with Gasteiger partial charge < -0.3 is 15.2 Å². The van der Waals surface area contributed by atoms with Crippen molar-refractivity contribution in [3.05, 3.63) is 29.3 Å². The van der Waals surface area contributed by atoms with Crippen molar-refractivity contribution in [1.29, 1.82) is 0 Å². The maximum Gasteiger partial charge on any atom is 0.340 e. The molecule has 0 saturated carbocycles. The van der Waals surface area contributed by atoms with Gasteiger partial charge in [-0.1, -0.05) is 13.8 Å². The lowest BCUT2D eigenvalue weighted by Crippen LogP contribution is -2.27. The first kappa shape index (κ1) is 15.4. The summed E-state index contributed by atoms with van der Waals surface area (Å²) in [5.74, 6) is -3.33. The molecular formula is C13H17F2NO3. The SMILES string of the molecule is COC(=O)c1ccc(NCC(C)(C)CO)c(F)c1F. The van der Waals surface area contributed by atoms with E-state index < -0.39 is 28.6 Å². The molecule has 0 amide bonds. The Kier molecular flexibility index (Phi) is 4.83. The van der Waals surface area contributed by atoms with Gasteiger partial charge >= 0.3 is 5.97 Å². The molecule has 0 unspecified atom stereocenters. The first-order valence-corrected chi connectivity index (χ1v) is 5.73. The highest BCUT2D eigenvalue weighted by Crippen LogP contribution is 2.23. The number of methoxy groups -OCH3 is 1. The fourth-order valence-corrected chi connectivity index (χ4v) is 1.34. The van der Waals surface area contributed by atoms with Gasteiger partial charge in [-0.2, -0.15) is 0 Å². The maximum atomic E-state index is 13.7. The predicted molar refractivity (Wildman–Crippen MR) is 67.1 cm³/mol. The van der Waals surface area contributed by atoms with E-state index >= 15 is 0 Å². The molecular weight excluding hydrogens is 256 g/mol. The van der Waals surface area contributed by atoms with E-state index in [4.69, 9.17) is 5.11 Å². The summed E-state index contributed by atoms with van der Waals surface area (Å²) in [5.41, 5.74) is -0.983. The number of rotatable bonds is 5. The second kappa shape index (κ2) is 5.97. The fourth-order valence-electron chi connectivity index (χ4n) is 1.34. The highest BCUT2D eigenvalue weighted by molar-refractivity contribution is 5.90. The van der Waals surface area contributed by atoms with E-state index in [1.54, 1.807) is 13.8 Å². The monoisotopic (exact) mass is 273 g/mol. The van der Waals surface area contributed by atoms with Gasteiger partial charge in [-0.05, 0) is 12.1 Å². The van der Waals surface area contributed by atoms with Crippen molar-refractivity contribution in [2.75, 3.05) is 25.6 Å². The molecule has 19 heavy (non-hydrogen) atoms. The Labute approximate surface area is 110 Å². The number of ether oxygens (including phenoxy) is 1. The van der Waals surface area contributed by atoms with Gasteiger partial charge in [-0.3, -0.25) is 0 Å². The van der Waals surface area contributed by atoms with Gasteiger partial charge in [0.15, 0.2) is 11.6 Å². The van der Waals surface area contributed by atoms with Crippen LogP contribution >= 0.6 is 0 Å². The molecule has 0 radical (unpaired) electrons. The van der Waals surface area contributed by atoms with Gasteiger partial charge in [0.25, 0.3) is 0 Å². The summed E-state index contributed by atoms with van der Waals surface area (Å²) < 4.78 is 31.7. The Morgan fingerprint density at radius 1 is 1.37 bits per heavy atom. The molecule has 6 heteroatoms. The molecule has 2 N–H and O–H groups in total. The van der Waals surface area contributed by atoms with Crippen LogP contribution in [-0.4, -0.2) is 31.3 Å². The van der Waals surface area contributed by atoms with Gasteiger partial charge in [0, 0.05) is 18.6 Å². The number of benzene rings is 1. The highest BCUT2D eigenvalue weighted by atomic mass is 19.2. The van der Waals surface area contributed by atoms with Gasteiger partial charge in [0.05, 0.1) is 18.4 Å². The molecule has 0 spiro atoms. The predicted octanol–water partition coefficient (Wildman–Crippen LogP) is 2.18. The number of anilines is 1. The molecule has 0 aliphatic heterocycles. The molecule has 0 bridgehead atoms. The number of carbonyl (C=O) groups is 1. The van der Waals surface area contributed by atoms with Crippen molar-refractivity contribution in [3.63, 3.8) is 0 Å². The molecule has 0 fully saturated rings. The molecule has 1 aromatic rings. The number of aliphatic hydroxyl groups is 1. The highest BCUT2D eigenvalue weighted by Gasteiger charge is 2.21. The lowest BCUT2D eigenvalue weighted by molar-refractivity contribution is 0.0594. The second-order valence-corrected chi connectivity index (χ2v) is 4.96. The Hall–Kier alpha value is -1.69. The van der Waals surface area contributed by atoms with E-state index in [0.717, 1.165) is 13.2 Å². The van der Waals surface area contributed by atoms with E-state index in [9.17, 15) is 13.6 Å². The lowest BCUT2D eigenvalue weighted by atomic mass is 9.95. The number of halogens is 2. The molecule has 0 heterocycles. The van der Waals surface area contributed by atoms with Crippen molar-refractivity contribution in [2.45, 2.75) is 13.8 Å². The Morgan fingerprint density at radius 2 is 2.00 bits per heavy atom. The van der Waals surface area contributed by atoms with Crippen LogP contribution in [0.25, 0.3) is 0 Å². The first-order valence-electron chi connectivity index (χ1n) is 5.73. The summed E-state index contributed by atoms with van der Waals surface area (Å²) in [6.45, 7) is 3.72. The van der Waals surface area contributed by atoms with E-state index in [1.165, 1.54) is 6.07 Å². The zero-order chi connectivity index (χ0) is 14.6. The molecule has 0 aliphatic carbocycles. The second-order valence-electron chi connectivity index (χ2n) is 4.96. The number of carbonyl (C=O) groups excluding carboxylic acids is 1. The fraction of sp³-hybridized carbons (Fsp3) is 0.462. The average molecular weight is 273 g/mol. The first-order chi connectivity index (χ1) is 8.82. The number of hydrogen-bond donors (Lipinski definition) is 2. The van der Waals surface area contributed by atoms with Crippen molar-refractivity contribution < 1.29 is 23.4 Å². The summed E-state index contributed by atoms with van der Waals surface area (Å²) in [4.78, 5) is 11.2. The van der Waals surface area contributed by atoms with Crippen LogP contribution in [0.15, 0.2) is 12.1 Å². The molecule has 0 aromatic heterocycles. The molecule has 0 saturated heterocycles.